The SMILES string of the molecule is Oc1ccc(CNc2ccc3c(c2)OCCO3)cc1Cl. The molecular weight excluding hydrogens is 278 g/mol. The molecule has 0 aromatic heterocycles. The summed E-state index contributed by atoms with van der Waals surface area (Å²) in [4.78, 5) is 0. The molecule has 2 aromatic rings. The van der Waals surface area contributed by atoms with E-state index in [4.69, 9.17) is 21.1 Å². The van der Waals surface area contributed by atoms with Crippen LogP contribution < -0.4 is 14.8 Å². The molecule has 0 saturated heterocycles. The molecule has 1 heterocycles. The molecular formula is C15H14ClNO3. The van der Waals surface area contributed by atoms with Gasteiger partial charge in [-0.05, 0) is 29.8 Å². The Morgan fingerprint density at radius 3 is 2.65 bits per heavy atom. The standard InChI is InChI=1S/C15H14ClNO3/c16-12-7-10(1-3-13(12)18)9-17-11-2-4-14-15(8-11)20-6-5-19-14/h1-4,7-8,17-18H,5-6,9H2. The highest BCUT2D eigenvalue weighted by molar-refractivity contribution is 6.32. The number of anilines is 1. The molecule has 20 heavy (non-hydrogen) atoms. The van der Waals surface area contributed by atoms with Crippen LogP contribution in [0, 0.1) is 0 Å². The smallest absolute Gasteiger partial charge is 0.163 e. The summed E-state index contributed by atoms with van der Waals surface area (Å²) in [6.07, 6.45) is 0. The molecule has 0 fully saturated rings. The maximum Gasteiger partial charge on any atom is 0.163 e. The zero-order valence-electron chi connectivity index (χ0n) is 10.7. The van der Waals surface area contributed by atoms with Gasteiger partial charge in [-0.1, -0.05) is 17.7 Å². The van der Waals surface area contributed by atoms with Crippen LogP contribution in [0.1, 0.15) is 5.56 Å². The molecule has 104 valence electrons. The Labute approximate surface area is 121 Å². The number of phenolic OH excluding ortho intramolecular Hbond substituents is 1. The molecule has 1 aliphatic rings. The third-order valence-corrected chi connectivity index (χ3v) is 3.35. The molecule has 0 bridgehead atoms. The van der Waals surface area contributed by atoms with Crippen LogP contribution in [-0.4, -0.2) is 18.3 Å². The summed E-state index contributed by atoms with van der Waals surface area (Å²) in [7, 11) is 0. The minimum absolute atomic E-state index is 0.0924. The van der Waals surface area contributed by atoms with Crippen LogP contribution in [-0.2, 0) is 6.54 Å². The molecule has 2 N–H and O–H groups in total. The van der Waals surface area contributed by atoms with Crippen LogP contribution in [0.2, 0.25) is 5.02 Å². The van der Waals surface area contributed by atoms with Crippen molar-refractivity contribution in [2.45, 2.75) is 6.54 Å². The van der Waals surface area contributed by atoms with E-state index >= 15 is 0 Å². The Hall–Kier alpha value is -2.07. The molecule has 0 unspecified atom stereocenters. The third-order valence-electron chi connectivity index (χ3n) is 3.05. The highest BCUT2D eigenvalue weighted by Gasteiger charge is 2.11. The zero-order valence-corrected chi connectivity index (χ0v) is 11.5. The molecule has 0 aliphatic carbocycles. The molecule has 4 nitrogen and oxygen atoms in total. The number of phenols is 1. The number of aromatic hydroxyl groups is 1. The normalized spacial score (nSPS) is 13.1. The first-order valence-electron chi connectivity index (χ1n) is 6.33. The first-order valence-corrected chi connectivity index (χ1v) is 6.71. The molecule has 0 radical (unpaired) electrons. The van der Waals surface area contributed by atoms with E-state index in [0.717, 1.165) is 22.7 Å². The molecule has 0 amide bonds. The second kappa shape index (κ2) is 5.51. The Morgan fingerprint density at radius 2 is 1.85 bits per heavy atom. The summed E-state index contributed by atoms with van der Waals surface area (Å²) >= 11 is 5.88. The van der Waals surface area contributed by atoms with Crippen molar-refractivity contribution in [1.82, 2.24) is 0 Å². The van der Waals surface area contributed by atoms with Gasteiger partial charge in [0.2, 0.25) is 0 Å². The number of fused-ring (bicyclic) bond motifs is 1. The van der Waals surface area contributed by atoms with E-state index in [2.05, 4.69) is 5.32 Å². The third kappa shape index (κ3) is 2.75. The zero-order chi connectivity index (χ0) is 13.9. The Kier molecular flexibility index (Phi) is 3.56. The lowest BCUT2D eigenvalue weighted by atomic mass is 10.2. The molecule has 0 atom stereocenters. The van der Waals surface area contributed by atoms with Crippen molar-refractivity contribution in [2.24, 2.45) is 0 Å². The number of benzene rings is 2. The van der Waals surface area contributed by atoms with E-state index in [1.54, 1.807) is 12.1 Å². The van der Waals surface area contributed by atoms with Gasteiger partial charge in [0.15, 0.2) is 11.5 Å². The maximum absolute atomic E-state index is 9.38. The summed E-state index contributed by atoms with van der Waals surface area (Å²) in [6.45, 7) is 1.77. The monoisotopic (exact) mass is 291 g/mol. The summed E-state index contributed by atoms with van der Waals surface area (Å²) in [5.74, 6) is 1.62. The van der Waals surface area contributed by atoms with E-state index in [-0.39, 0.29) is 5.75 Å². The van der Waals surface area contributed by atoms with E-state index in [1.807, 2.05) is 24.3 Å². The average molecular weight is 292 g/mol. The van der Waals surface area contributed by atoms with Gasteiger partial charge in [-0.2, -0.15) is 0 Å². The van der Waals surface area contributed by atoms with Crippen LogP contribution in [0.15, 0.2) is 36.4 Å². The van der Waals surface area contributed by atoms with E-state index in [0.29, 0.717) is 24.8 Å². The lowest BCUT2D eigenvalue weighted by Gasteiger charge is -2.19. The number of hydrogen-bond acceptors (Lipinski definition) is 4. The van der Waals surface area contributed by atoms with Crippen molar-refractivity contribution in [1.29, 1.82) is 0 Å². The van der Waals surface area contributed by atoms with Crippen molar-refractivity contribution in [3.8, 4) is 17.2 Å². The predicted molar refractivity (Wildman–Crippen MR) is 77.9 cm³/mol. The Morgan fingerprint density at radius 1 is 1.05 bits per heavy atom. The van der Waals surface area contributed by atoms with Gasteiger partial charge in [-0.15, -0.1) is 0 Å². The van der Waals surface area contributed by atoms with Crippen LogP contribution >= 0.6 is 11.6 Å². The lowest BCUT2D eigenvalue weighted by Crippen LogP contribution is -2.15. The lowest BCUT2D eigenvalue weighted by molar-refractivity contribution is 0.171. The first-order chi connectivity index (χ1) is 9.72. The number of halogens is 1. The van der Waals surface area contributed by atoms with Gasteiger partial charge in [0.25, 0.3) is 0 Å². The van der Waals surface area contributed by atoms with E-state index < -0.39 is 0 Å². The second-order valence-corrected chi connectivity index (χ2v) is 4.90. The highest BCUT2D eigenvalue weighted by Crippen LogP contribution is 2.32. The Balaban J connectivity index is 1.70. The number of nitrogens with one attached hydrogen (secondary N) is 1. The van der Waals surface area contributed by atoms with Gasteiger partial charge < -0.3 is 19.9 Å². The van der Waals surface area contributed by atoms with E-state index in [1.165, 1.54) is 0 Å². The molecule has 1 aliphatic heterocycles. The number of ether oxygens (including phenoxy) is 2. The Bertz CT molecular complexity index is 631. The van der Waals surface area contributed by atoms with Crippen LogP contribution in [0.3, 0.4) is 0 Å². The minimum atomic E-state index is 0.0924. The van der Waals surface area contributed by atoms with Crippen LogP contribution in [0.5, 0.6) is 17.2 Å². The van der Waals surface area contributed by atoms with Crippen LogP contribution in [0.25, 0.3) is 0 Å². The van der Waals surface area contributed by atoms with Gasteiger partial charge in [0.05, 0.1) is 5.02 Å². The van der Waals surface area contributed by atoms with Crippen molar-refractivity contribution < 1.29 is 14.6 Å². The fourth-order valence-corrected chi connectivity index (χ4v) is 2.22. The van der Waals surface area contributed by atoms with Gasteiger partial charge in [0.1, 0.15) is 19.0 Å². The highest BCUT2D eigenvalue weighted by atomic mass is 35.5. The largest absolute Gasteiger partial charge is 0.506 e. The van der Waals surface area contributed by atoms with Gasteiger partial charge in [0, 0.05) is 18.3 Å². The summed E-state index contributed by atoms with van der Waals surface area (Å²) in [5.41, 5.74) is 1.93. The summed E-state index contributed by atoms with van der Waals surface area (Å²) < 4.78 is 11.0. The number of rotatable bonds is 3. The fraction of sp³-hybridized carbons (Fsp3) is 0.200. The minimum Gasteiger partial charge on any atom is -0.506 e. The van der Waals surface area contributed by atoms with Crippen molar-refractivity contribution in [3.63, 3.8) is 0 Å². The molecule has 0 saturated carbocycles. The molecule has 2 aromatic carbocycles. The summed E-state index contributed by atoms with van der Waals surface area (Å²) in [6, 6.07) is 10.9. The predicted octanol–water partition coefficient (Wildman–Crippen LogP) is 3.43. The molecule has 0 spiro atoms. The fourth-order valence-electron chi connectivity index (χ4n) is 2.02. The summed E-state index contributed by atoms with van der Waals surface area (Å²) in [5, 5.41) is 13.0. The second-order valence-electron chi connectivity index (χ2n) is 4.50. The number of hydrogen-bond donors (Lipinski definition) is 2. The first kappa shape index (κ1) is 12.9. The van der Waals surface area contributed by atoms with Gasteiger partial charge in [-0.3, -0.25) is 0 Å². The van der Waals surface area contributed by atoms with Crippen molar-refractivity contribution in [3.05, 3.63) is 47.0 Å². The maximum atomic E-state index is 9.38. The van der Waals surface area contributed by atoms with Gasteiger partial charge >= 0.3 is 0 Å². The topological polar surface area (TPSA) is 50.7 Å². The molecule has 3 rings (SSSR count). The van der Waals surface area contributed by atoms with Crippen molar-refractivity contribution >= 4 is 17.3 Å². The van der Waals surface area contributed by atoms with Crippen molar-refractivity contribution in [2.75, 3.05) is 18.5 Å². The van der Waals surface area contributed by atoms with E-state index in [9.17, 15) is 5.11 Å². The average Bonchev–Trinajstić information content (AvgIpc) is 2.48. The quantitative estimate of drug-likeness (QED) is 0.910. The molecule has 5 heteroatoms. The van der Waals surface area contributed by atoms with Gasteiger partial charge in [-0.25, -0.2) is 0 Å². The van der Waals surface area contributed by atoms with Crippen LogP contribution in [0.4, 0.5) is 5.69 Å².